The van der Waals surface area contributed by atoms with E-state index in [1.807, 2.05) is 22.6 Å². The molecule has 0 aliphatic rings. The predicted molar refractivity (Wildman–Crippen MR) is 35.1 cm³/mol. The van der Waals surface area contributed by atoms with Gasteiger partial charge in [0.2, 0.25) is 0 Å². The fraction of sp³-hybridized carbons (Fsp3) is 0.250. The van der Waals surface area contributed by atoms with E-state index >= 15 is 0 Å². The molecule has 0 atom stereocenters. The van der Waals surface area contributed by atoms with Crippen LogP contribution < -0.4 is 0 Å². The van der Waals surface area contributed by atoms with Gasteiger partial charge in [-0.25, -0.2) is 0 Å². The summed E-state index contributed by atoms with van der Waals surface area (Å²) in [5, 5.41) is 12.0. The average molecular weight is 225 g/mol. The maximum absolute atomic E-state index is 8.41. The normalized spacial score (nSPS) is 9.75. The Hall–Kier alpha value is -0.100. The molecule has 0 aromatic carbocycles. The van der Waals surface area contributed by atoms with E-state index in [0.717, 1.165) is 3.70 Å². The summed E-state index contributed by atoms with van der Waals surface area (Å²) in [7, 11) is 0. The molecule has 0 bridgehead atoms. The highest BCUT2D eigenvalue weighted by atomic mass is 127. The molecular weight excluding hydrogens is 221 g/mol. The molecule has 0 radical (unpaired) electrons. The third-order valence-electron chi connectivity index (χ3n) is 0.686. The van der Waals surface area contributed by atoms with E-state index in [4.69, 9.17) is 5.11 Å². The number of hydrogen-bond acceptors (Lipinski definition) is 3. The van der Waals surface area contributed by atoms with Crippen molar-refractivity contribution in [2.75, 3.05) is 0 Å². The first kappa shape index (κ1) is 6.03. The van der Waals surface area contributed by atoms with Crippen LogP contribution in [0.5, 0.6) is 0 Å². The van der Waals surface area contributed by atoms with E-state index in [1.54, 1.807) is 6.07 Å². The molecule has 44 valence electrons. The first-order valence-corrected chi connectivity index (χ1v) is 3.13. The summed E-state index contributed by atoms with van der Waals surface area (Å²) in [5.74, 6) is 0.509. The van der Waals surface area contributed by atoms with Crippen LogP contribution in [0.4, 0.5) is 0 Å². The van der Waals surface area contributed by atoms with Crippen LogP contribution in [0.2, 0.25) is 0 Å². The predicted octanol–water partition coefficient (Wildman–Crippen LogP) is 0.772. The van der Waals surface area contributed by atoms with Gasteiger partial charge >= 0.3 is 0 Å². The highest BCUT2D eigenvalue weighted by Gasteiger charge is 1.96. The van der Waals surface area contributed by atoms with Crippen LogP contribution in [0.3, 0.4) is 0 Å². The lowest BCUT2D eigenvalue weighted by molar-refractivity contribution is 0.228. The highest BCUT2D eigenvalue weighted by Crippen LogP contribution is 2.04. The van der Waals surface area contributed by atoms with Crippen molar-refractivity contribution in [3.63, 3.8) is 0 Å². The quantitative estimate of drug-likeness (QED) is 0.718. The van der Waals surface area contributed by atoms with Crippen molar-refractivity contribution in [1.82, 2.24) is 5.16 Å². The summed E-state index contributed by atoms with van der Waals surface area (Å²) in [6.07, 6.45) is 0. The van der Waals surface area contributed by atoms with Gasteiger partial charge < -0.3 is 9.63 Å². The summed E-state index contributed by atoms with van der Waals surface area (Å²) in [6.45, 7) is -0.0734. The van der Waals surface area contributed by atoms with Gasteiger partial charge in [-0.3, -0.25) is 0 Å². The second kappa shape index (κ2) is 2.45. The Morgan fingerprint density at radius 1 is 1.88 bits per heavy atom. The molecule has 3 nitrogen and oxygen atoms in total. The lowest BCUT2D eigenvalue weighted by Crippen LogP contribution is -1.73. The number of hydrogen-bond donors (Lipinski definition) is 1. The van der Waals surface area contributed by atoms with Crippen LogP contribution in [-0.4, -0.2) is 10.3 Å². The number of aliphatic hydroxyl groups is 1. The first-order chi connectivity index (χ1) is 3.83. The summed E-state index contributed by atoms with van der Waals surface area (Å²) in [6, 6.07) is 1.68. The number of halogens is 1. The number of rotatable bonds is 1. The molecule has 8 heavy (non-hydrogen) atoms. The standard InChI is InChI=1S/C4H4INO2/c5-4-1-3(2-7)8-6-4/h1,7H,2H2. The minimum atomic E-state index is -0.0734. The molecule has 1 N–H and O–H groups in total. The fourth-order valence-electron chi connectivity index (χ4n) is 0.362. The Bertz CT molecular complexity index is 174. The first-order valence-electron chi connectivity index (χ1n) is 2.05. The largest absolute Gasteiger partial charge is 0.388 e. The molecule has 1 aromatic heterocycles. The SMILES string of the molecule is OCc1cc(I)no1. The molecule has 1 rings (SSSR count). The molecule has 0 saturated carbocycles. The van der Waals surface area contributed by atoms with Crippen molar-refractivity contribution in [1.29, 1.82) is 0 Å². The van der Waals surface area contributed by atoms with Gasteiger partial charge in [-0.1, -0.05) is 5.16 Å². The lowest BCUT2D eigenvalue weighted by atomic mass is 10.5. The minimum absolute atomic E-state index is 0.0734. The smallest absolute Gasteiger partial charge is 0.163 e. The molecule has 0 aliphatic carbocycles. The van der Waals surface area contributed by atoms with Crippen LogP contribution in [0.25, 0.3) is 0 Å². The highest BCUT2D eigenvalue weighted by molar-refractivity contribution is 14.1. The molecule has 0 unspecified atom stereocenters. The summed E-state index contributed by atoms with van der Waals surface area (Å²) < 4.78 is 5.38. The third-order valence-corrected chi connectivity index (χ3v) is 1.19. The summed E-state index contributed by atoms with van der Waals surface area (Å²) in [5.41, 5.74) is 0. The summed E-state index contributed by atoms with van der Waals surface area (Å²) >= 11 is 2.01. The van der Waals surface area contributed by atoms with Crippen LogP contribution in [0.1, 0.15) is 5.76 Å². The number of aromatic nitrogens is 1. The molecule has 0 spiro atoms. The topological polar surface area (TPSA) is 46.3 Å². The molecule has 0 amide bonds. The van der Waals surface area contributed by atoms with Gasteiger partial charge in [-0.05, 0) is 22.6 Å². The van der Waals surface area contributed by atoms with Gasteiger partial charge in [-0.2, -0.15) is 0 Å². The van der Waals surface area contributed by atoms with Crippen LogP contribution in [0, 0.1) is 3.70 Å². The van der Waals surface area contributed by atoms with Gasteiger partial charge in [0, 0.05) is 6.07 Å². The molecule has 4 heteroatoms. The maximum Gasteiger partial charge on any atom is 0.163 e. The fourth-order valence-corrected chi connectivity index (χ4v) is 0.808. The van der Waals surface area contributed by atoms with E-state index in [-0.39, 0.29) is 6.61 Å². The van der Waals surface area contributed by atoms with E-state index in [2.05, 4.69) is 9.68 Å². The van der Waals surface area contributed by atoms with Gasteiger partial charge in [0.1, 0.15) is 10.3 Å². The summed E-state index contributed by atoms with van der Waals surface area (Å²) in [4.78, 5) is 0. The molecule has 0 saturated heterocycles. The zero-order valence-corrected chi connectivity index (χ0v) is 6.12. The zero-order chi connectivity index (χ0) is 5.98. The van der Waals surface area contributed by atoms with Crippen molar-refractivity contribution < 1.29 is 9.63 Å². The van der Waals surface area contributed by atoms with Crippen LogP contribution >= 0.6 is 22.6 Å². The monoisotopic (exact) mass is 225 g/mol. The lowest BCUT2D eigenvalue weighted by Gasteiger charge is -1.76. The van der Waals surface area contributed by atoms with Crippen LogP contribution in [0.15, 0.2) is 10.6 Å². The van der Waals surface area contributed by atoms with E-state index in [9.17, 15) is 0 Å². The van der Waals surface area contributed by atoms with E-state index in [0.29, 0.717) is 5.76 Å². The molecule has 0 fully saturated rings. The van der Waals surface area contributed by atoms with Gasteiger partial charge in [0.05, 0.1) is 0 Å². The molecular formula is C4H4INO2. The Labute approximate surface area is 59.8 Å². The van der Waals surface area contributed by atoms with E-state index < -0.39 is 0 Å². The van der Waals surface area contributed by atoms with Crippen LogP contribution in [-0.2, 0) is 6.61 Å². The Balaban J connectivity index is 2.84. The van der Waals surface area contributed by atoms with Crippen molar-refractivity contribution >= 4 is 22.6 Å². The second-order valence-electron chi connectivity index (χ2n) is 1.27. The number of aliphatic hydroxyl groups excluding tert-OH is 1. The third kappa shape index (κ3) is 1.19. The maximum atomic E-state index is 8.41. The van der Waals surface area contributed by atoms with E-state index in [1.165, 1.54) is 0 Å². The second-order valence-corrected chi connectivity index (χ2v) is 2.38. The van der Waals surface area contributed by atoms with Crippen molar-refractivity contribution in [3.8, 4) is 0 Å². The van der Waals surface area contributed by atoms with Gasteiger partial charge in [-0.15, -0.1) is 0 Å². The average Bonchev–Trinajstić information content (AvgIpc) is 2.14. The Kier molecular flexibility index (Phi) is 1.85. The molecule has 1 aromatic rings. The van der Waals surface area contributed by atoms with Crippen molar-refractivity contribution in [2.24, 2.45) is 0 Å². The number of nitrogens with zero attached hydrogens (tertiary/aromatic N) is 1. The Morgan fingerprint density at radius 3 is 2.88 bits per heavy atom. The molecule has 1 heterocycles. The minimum Gasteiger partial charge on any atom is -0.388 e. The van der Waals surface area contributed by atoms with Gasteiger partial charge in [0.25, 0.3) is 0 Å². The molecule has 0 aliphatic heterocycles. The van der Waals surface area contributed by atoms with Crippen molar-refractivity contribution in [2.45, 2.75) is 6.61 Å². The van der Waals surface area contributed by atoms with Gasteiger partial charge in [0.15, 0.2) is 5.76 Å². The zero-order valence-electron chi connectivity index (χ0n) is 3.97. The Morgan fingerprint density at radius 2 is 2.62 bits per heavy atom. The van der Waals surface area contributed by atoms with Crippen molar-refractivity contribution in [3.05, 3.63) is 15.5 Å².